The van der Waals surface area contributed by atoms with E-state index in [4.69, 9.17) is 0 Å². The van der Waals surface area contributed by atoms with E-state index in [1.54, 1.807) is 0 Å². The molecule has 0 aliphatic carbocycles. The van der Waals surface area contributed by atoms with E-state index in [0.717, 1.165) is 31.8 Å². The lowest BCUT2D eigenvalue weighted by Gasteiger charge is -2.26. The highest BCUT2D eigenvalue weighted by atomic mass is 16.2. The van der Waals surface area contributed by atoms with Crippen molar-refractivity contribution in [3.05, 3.63) is 11.8 Å². The van der Waals surface area contributed by atoms with Crippen LogP contribution in [-0.4, -0.2) is 30.4 Å². The normalized spacial score (nSPS) is 23.8. The lowest BCUT2D eigenvalue weighted by molar-refractivity contribution is -0.120. The second-order valence-corrected chi connectivity index (χ2v) is 2.62. The van der Waals surface area contributed by atoms with Crippen molar-refractivity contribution in [2.75, 3.05) is 19.6 Å². The van der Waals surface area contributed by atoms with Crippen LogP contribution in [0.15, 0.2) is 11.8 Å². The van der Waals surface area contributed by atoms with E-state index < -0.39 is 0 Å². The van der Waals surface area contributed by atoms with Crippen LogP contribution in [-0.2, 0) is 4.79 Å². The van der Waals surface area contributed by atoms with E-state index in [1.165, 1.54) is 0 Å². The number of carbonyl (C=O) groups is 1. The first-order valence-corrected chi connectivity index (χ1v) is 3.61. The topological polar surface area (TPSA) is 32.3 Å². The van der Waals surface area contributed by atoms with Gasteiger partial charge in [0, 0.05) is 19.6 Å². The number of rotatable bonds is 0. The number of carbonyl (C=O) groups excluding carboxylic acids is 1. The first kappa shape index (κ1) is 5.77. The van der Waals surface area contributed by atoms with Crippen LogP contribution in [0, 0.1) is 0 Å². The zero-order chi connectivity index (χ0) is 6.97. The fraction of sp³-hybridized carbons (Fsp3) is 0.571. The molecule has 1 saturated heterocycles. The fourth-order valence-electron chi connectivity index (χ4n) is 1.47. The molecule has 0 aromatic heterocycles. The van der Waals surface area contributed by atoms with Crippen LogP contribution in [0.3, 0.4) is 0 Å². The van der Waals surface area contributed by atoms with Gasteiger partial charge in [0.1, 0.15) is 0 Å². The highest BCUT2D eigenvalue weighted by Crippen LogP contribution is 2.16. The van der Waals surface area contributed by atoms with Gasteiger partial charge in [0.15, 0.2) is 0 Å². The summed E-state index contributed by atoms with van der Waals surface area (Å²) in [6.45, 7) is 2.82. The van der Waals surface area contributed by atoms with Gasteiger partial charge in [-0.1, -0.05) is 6.08 Å². The third-order valence-electron chi connectivity index (χ3n) is 1.98. The third kappa shape index (κ3) is 0.701. The predicted octanol–water partition coefficient (Wildman–Crippen LogP) is -0.294. The Hall–Kier alpha value is -0.990. The molecule has 1 fully saturated rings. The molecular weight excluding hydrogens is 128 g/mol. The van der Waals surface area contributed by atoms with Crippen molar-refractivity contribution in [1.82, 2.24) is 10.2 Å². The molecule has 2 aliphatic heterocycles. The molecule has 0 radical (unpaired) electrons. The van der Waals surface area contributed by atoms with Crippen LogP contribution < -0.4 is 5.32 Å². The standard InChI is InChI=1S/C7H10N2O/c10-7-6-2-1-4-9(6)5-3-8-7/h2H,1,3-5H2,(H,8,10). The summed E-state index contributed by atoms with van der Waals surface area (Å²) in [5, 5.41) is 2.80. The van der Waals surface area contributed by atoms with E-state index in [0.29, 0.717) is 0 Å². The zero-order valence-electron chi connectivity index (χ0n) is 5.76. The van der Waals surface area contributed by atoms with Crippen LogP contribution in [0.4, 0.5) is 0 Å². The van der Waals surface area contributed by atoms with Crippen LogP contribution in [0.5, 0.6) is 0 Å². The maximum atomic E-state index is 11.1. The van der Waals surface area contributed by atoms with Gasteiger partial charge in [0.25, 0.3) is 5.91 Å². The third-order valence-corrected chi connectivity index (χ3v) is 1.98. The Morgan fingerprint density at radius 3 is 3.20 bits per heavy atom. The Balaban J connectivity index is 2.22. The molecule has 0 aromatic rings. The second kappa shape index (κ2) is 2.01. The minimum absolute atomic E-state index is 0.101. The highest BCUT2D eigenvalue weighted by molar-refractivity contribution is 5.93. The van der Waals surface area contributed by atoms with Crippen LogP contribution in [0.1, 0.15) is 6.42 Å². The monoisotopic (exact) mass is 138 g/mol. The molecule has 2 aliphatic rings. The Bertz CT molecular complexity index is 198. The number of hydrogen-bond acceptors (Lipinski definition) is 2. The van der Waals surface area contributed by atoms with Crippen molar-refractivity contribution in [3.63, 3.8) is 0 Å². The largest absolute Gasteiger partial charge is 0.365 e. The molecule has 3 nitrogen and oxygen atoms in total. The Morgan fingerprint density at radius 2 is 2.40 bits per heavy atom. The number of amides is 1. The summed E-state index contributed by atoms with van der Waals surface area (Å²) in [5.74, 6) is 0.101. The molecule has 54 valence electrons. The lowest BCUT2D eigenvalue weighted by atomic mass is 10.3. The summed E-state index contributed by atoms with van der Waals surface area (Å²) in [6, 6.07) is 0. The van der Waals surface area contributed by atoms with Crippen molar-refractivity contribution in [2.24, 2.45) is 0 Å². The summed E-state index contributed by atoms with van der Waals surface area (Å²) in [4.78, 5) is 13.2. The first-order chi connectivity index (χ1) is 4.88. The van der Waals surface area contributed by atoms with Crippen molar-refractivity contribution in [3.8, 4) is 0 Å². The predicted molar refractivity (Wildman–Crippen MR) is 37.3 cm³/mol. The highest BCUT2D eigenvalue weighted by Gasteiger charge is 2.24. The van der Waals surface area contributed by atoms with Gasteiger partial charge in [0.2, 0.25) is 0 Å². The molecule has 3 heteroatoms. The summed E-state index contributed by atoms with van der Waals surface area (Å²) >= 11 is 0. The Kier molecular flexibility index (Phi) is 1.16. The van der Waals surface area contributed by atoms with E-state index in [1.807, 2.05) is 6.08 Å². The molecule has 1 amide bonds. The van der Waals surface area contributed by atoms with E-state index >= 15 is 0 Å². The van der Waals surface area contributed by atoms with E-state index in [-0.39, 0.29) is 5.91 Å². The maximum Gasteiger partial charge on any atom is 0.267 e. The lowest BCUT2D eigenvalue weighted by Crippen LogP contribution is -2.43. The zero-order valence-corrected chi connectivity index (χ0v) is 5.76. The average Bonchev–Trinajstić information content (AvgIpc) is 2.36. The SMILES string of the molecule is O=C1NCCN2CCC=C12. The van der Waals surface area contributed by atoms with Gasteiger partial charge in [0.05, 0.1) is 5.70 Å². The second-order valence-electron chi connectivity index (χ2n) is 2.62. The van der Waals surface area contributed by atoms with E-state index in [2.05, 4.69) is 10.2 Å². The van der Waals surface area contributed by atoms with Crippen molar-refractivity contribution in [1.29, 1.82) is 0 Å². The smallest absolute Gasteiger partial charge is 0.267 e. The van der Waals surface area contributed by atoms with E-state index in [9.17, 15) is 4.79 Å². The first-order valence-electron chi connectivity index (χ1n) is 3.61. The van der Waals surface area contributed by atoms with Crippen molar-refractivity contribution >= 4 is 5.91 Å². The van der Waals surface area contributed by atoms with Gasteiger partial charge in [-0.15, -0.1) is 0 Å². The molecule has 0 unspecified atom stereocenters. The summed E-state index contributed by atoms with van der Waals surface area (Å²) in [6.07, 6.45) is 3.04. The minimum Gasteiger partial charge on any atom is -0.365 e. The summed E-state index contributed by atoms with van der Waals surface area (Å²) < 4.78 is 0. The molecular formula is C7H10N2O. The number of fused-ring (bicyclic) bond motifs is 1. The molecule has 0 spiro atoms. The van der Waals surface area contributed by atoms with Gasteiger partial charge in [-0.2, -0.15) is 0 Å². The van der Waals surface area contributed by atoms with Gasteiger partial charge in [-0.25, -0.2) is 0 Å². The molecule has 0 atom stereocenters. The van der Waals surface area contributed by atoms with Gasteiger partial charge in [-0.3, -0.25) is 4.79 Å². The van der Waals surface area contributed by atoms with Gasteiger partial charge >= 0.3 is 0 Å². The quantitative estimate of drug-likeness (QED) is 0.498. The van der Waals surface area contributed by atoms with Crippen LogP contribution >= 0.6 is 0 Å². The number of hydrogen-bond donors (Lipinski definition) is 1. The average molecular weight is 138 g/mol. The minimum atomic E-state index is 0.101. The number of nitrogens with zero attached hydrogens (tertiary/aromatic N) is 1. The van der Waals surface area contributed by atoms with Gasteiger partial charge < -0.3 is 10.2 Å². The molecule has 10 heavy (non-hydrogen) atoms. The van der Waals surface area contributed by atoms with Crippen molar-refractivity contribution in [2.45, 2.75) is 6.42 Å². The fourth-order valence-corrected chi connectivity index (χ4v) is 1.47. The Labute approximate surface area is 59.7 Å². The van der Waals surface area contributed by atoms with Crippen LogP contribution in [0.2, 0.25) is 0 Å². The number of nitrogens with one attached hydrogen (secondary N) is 1. The molecule has 2 heterocycles. The van der Waals surface area contributed by atoms with Gasteiger partial charge in [-0.05, 0) is 6.42 Å². The number of piperazine rings is 1. The maximum absolute atomic E-state index is 11.1. The molecule has 2 rings (SSSR count). The van der Waals surface area contributed by atoms with Crippen molar-refractivity contribution < 1.29 is 4.79 Å². The summed E-state index contributed by atoms with van der Waals surface area (Å²) in [5.41, 5.74) is 0.881. The molecule has 1 N–H and O–H groups in total. The summed E-state index contributed by atoms with van der Waals surface area (Å²) in [7, 11) is 0. The molecule has 0 saturated carbocycles. The molecule has 0 aromatic carbocycles. The van der Waals surface area contributed by atoms with Crippen LogP contribution in [0.25, 0.3) is 0 Å². The molecule has 0 bridgehead atoms. The Morgan fingerprint density at radius 1 is 1.50 bits per heavy atom.